The number of hydrogen-bond donors (Lipinski definition) is 1. The van der Waals surface area contributed by atoms with Crippen LogP contribution in [-0.4, -0.2) is 19.6 Å². The summed E-state index contributed by atoms with van der Waals surface area (Å²) < 4.78 is 41.0. The summed E-state index contributed by atoms with van der Waals surface area (Å²) in [5, 5.41) is 6.79. The molecule has 0 spiro atoms. The molecule has 0 bridgehead atoms. The largest absolute Gasteiger partial charge is 0.340 e. The number of benzene rings is 1. The fourth-order valence-corrected chi connectivity index (χ4v) is 1.97. The van der Waals surface area contributed by atoms with Crippen molar-refractivity contribution in [2.45, 2.75) is 13.6 Å². The first kappa shape index (κ1) is 13.3. The predicted octanol–water partition coefficient (Wildman–Crippen LogP) is 2.92. The number of nitrogens with zero attached hydrogens (tertiary/aromatic N) is 4. The Morgan fingerprint density at radius 1 is 1.19 bits per heavy atom. The van der Waals surface area contributed by atoms with Crippen molar-refractivity contribution in [2.24, 2.45) is 0 Å². The minimum absolute atomic E-state index is 0.143. The smallest absolute Gasteiger partial charge is 0.254 e. The van der Waals surface area contributed by atoms with Crippen molar-refractivity contribution in [3.05, 3.63) is 47.4 Å². The Labute approximate surface area is 117 Å². The number of fused-ring (bicyclic) bond motifs is 1. The summed E-state index contributed by atoms with van der Waals surface area (Å²) in [6.45, 7) is 0.562. The lowest BCUT2D eigenvalue weighted by Crippen LogP contribution is -2.04. The molecule has 0 amide bonds. The van der Waals surface area contributed by atoms with E-state index in [1.54, 1.807) is 13.0 Å². The molecule has 5 nitrogen and oxygen atoms in total. The highest BCUT2D eigenvalue weighted by Crippen LogP contribution is 2.23. The third-order valence-corrected chi connectivity index (χ3v) is 2.93. The Hall–Kier alpha value is -2.64. The molecule has 0 radical (unpaired) electrons. The molecule has 0 atom stereocenters. The van der Waals surface area contributed by atoms with Gasteiger partial charge in [-0.3, -0.25) is 0 Å². The summed E-state index contributed by atoms with van der Waals surface area (Å²) in [6.07, 6.45) is 1.32. The fourth-order valence-electron chi connectivity index (χ4n) is 1.97. The fraction of sp³-hybridized carbons (Fsp3) is 0.154. The van der Waals surface area contributed by atoms with Gasteiger partial charge in [0.25, 0.3) is 5.78 Å². The van der Waals surface area contributed by atoms with Crippen LogP contribution < -0.4 is 5.32 Å². The Morgan fingerprint density at radius 3 is 2.57 bits per heavy atom. The summed E-state index contributed by atoms with van der Waals surface area (Å²) in [4.78, 5) is 8.10. The monoisotopic (exact) mass is 293 g/mol. The summed E-state index contributed by atoms with van der Waals surface area (Å²) in [5.74, 6) is -1.08. The molecule has 2 aromatic heterocycles. The Bertz CT molecular complexity index is 792. The highest BCUT2D eigenvalue weighted by Gasteiger charge is 2.12. The zero-order chi connectivity index (χ0) is 15.0. The van der Waals surface area contributed by atoms with Crippen LogP contribution in [-0.2, 0) is 6.67 Å². The third kappa shape index (κ3) is 2.39. The Morgan fingerprint density at radius 2 is 1.90 bits per heavy atom. The number of halogens is 3. The van der Waals surface area contributed by atoms with E-state index < -0.39 is 23.9 Å². The van der Waals surface area contributed by atoms with Crippen molar-refractivity contribution in [3.8, 4) is 0 Å². The van der Waals surface area contributed by atoms with E-state index in [4.69, 9.17) is 0 Å². The molecule has 108 valence electrons. The molecule has 3 rings (SSSR count). The second-order valence-corrected chi connectivity index (χ2v) is 4.43. The molecule has 8 heteroatoms. The van der Waals surface area contributed by atoms with Gasteiger partial charge in [0, 0.05) is 17.4 Å². The van der Waals surface area contributed by atoms with Gasteiger partial charge < -0.3 is 5.32 Å². The number of nitrogens with one attached hydrogen (secondary N) is 1. The number of alkyl halides is 1. The van der Waals surface area contributed by atoms with Crippen molar-refractivity contribution in [1.29, 1.82) is 0 Å². The standard InChI is InChI=1S/C13H10F3N5/c1-7-2-12(21-13(19-7)17-6-18-21)20-8-3-10(15)9(5-14)11(16)4-8/h2-4,6,20H,5H2,1H3. The van der Waals surface area contributed by atoms with E-state index in [1.807, 2.05) is 0 Å². The normalized spacial score (nSPS) is 11.0. The summed E-state index contributed by atoms with van der Waals surface area (Å²) in [5.41, 5.74) is 0.223. The lowest BCUT2D eigenvalue weighted by Gasteiger charge is -2.10. The number of aryl methyl sites for hydroxylation is 1. The maximum absolute atomic E-state index is 13.6. The van der Waals surface area contributed by atoms with Crippen LogP contribution in [0.25, 0.3) is 5.78 Å². The Kier molecular flexibility index (Phi) is 3.20. The number of aromatic nitrogens is 4. The van der Waals surface area contributed by atoms with E-state index in [1.165, 1.54) is 10.8 Å². The molecule has 0 saturated carbocycles. The summed E-state index contributed by atoms with van der Waals surface area (Å²) in [6, 6.07) is 3.70. The van der Waals surface area contributed by atoms with E-state index >= 15 is 0 Å². The van der Waals surface area contributed by atoms with Gasteiger partial charge in [-0.15, -0.1) is 0 Å². The molecule has 21 heavy (non-hydrogen) atoms. The van der Waals surface area contributed by atoms with E-state index in [0.29, 0.717) is 17.3 Å². The molecule has 0 unspecified atom stereocenters. The van der Waals surface area contributed by atoms with E-state index in [-0.39, 0.29) is 5.69 Å². The average molecular weight is 293 g/mol. The van der Waals surface area contributed by atoms with E-state index in [0.717, 1.165) is 12.1 Å². The van der Waals surface area contributed by atoms with Crippen LogP contribution in [0.2, 0.25) is 0 Å². The molecule has 1 aromatic carbocycles. The Balaban J connectivity index is 2.04. The maximum atomic E-state index is 13.6. The van der Waals surface area contributed by atoms with Crippen LogP contribution in [0.4, 0.5) is 24.7 Å². The average Bonchev–Trinajstić information content (AvgIpc) is 2.86. The first-order valence-electron chi connectivity index (χ1n) is 6.07. The molecule has 0 aliphatic heterocycles. The summed E-state index contributed by atoms with van der Waals surface area (Å²) in [7, 11) is 0. The quantitative estimate of drug-likeness (QED) is 0.806. The van der Waals surface area contributed by atoms with Gasteiger partial charge >= 0.3 is 0 Å². The van der Waals surface area contributed by atoms with Crippen LogP contribution >= 0.6 is 0 Å². The molecule has 1 N–H and O–H groups in total. The van der Waals surface area contributed by atoms with Crippen LogP contribution in [0.5, 0.6) is 0 Å². The molecule has 3 aromatic rings. The number of hydrogen-bond acceptors (Lipinski definition) is 4. The number of anilines is 2. The lowest BCUT2D eigenvalue weighted by atomic mass is 10.2. The van der Waals surface area contributed by atoms with E-state index in [9.17, 15) is 13.2 Å². The van der Waals surface area contributed by atoms with Gasteiger partial charge in [-0.2, -0.15) is 14.6 Å². The minimum Gasteiger partial charge on any atom is -0.340 e. The second kappa shape index (κ2) is 5.04. The van der Waals surface area contributed by atoms with Gasteiger partial charge in [0.2, 0.25) is 0 Å². The molecular formula is C13H10F3N5. The van der Waals surface area contributed by atoms with Crippen LogP contribution in [0.1, 0.15) is 11.3 Å². The first-order valence-corrected chi connectivity index (χ1v) is 6.07. The minimum atomic E-state index is -1.19. The van der Waals surface area contributed by atoms with Crippen molar-refractivity contribution in [2.75, 3.05) is 5.32 Å². The summed E-state index contributed by atoms with van der Waals surface area (Å²) >= 11 is 0. The molecular weight excluding hydrogens is 283 g/mol. The highest BCUT2D eigenvalue weighted by atomic mass is 19.1. The van der Waals surface area contributed by atoms with Crippen LogP contribution in [0.15, 0.2) is 24.5 Å². The highest BCUT2D eigenvalue weighted by molar-refractivity contribution is 5.59. The van der Waals surface area contributed by atoms with Crippen molar-refractivity contribution in [3.63, 3.8) is 0 Å². The van der Waals surface area contributed by atoms with Crippen LogP contribution in [0.3, 0.4) is 0 Å². The van der Waals surface area contributed by atoms with Gasteiger partial charge in [0.1, 0.15) is 30.5 Å². The predicted molar refractivity (Wildman–Crippen MR) is 70.0 cm³/mol. The molecule has 0 aliphatic carbocycles. The molecule has 0 fully saturated rings. The van der Waals surface area contributed by atoms with Gasteiger partial charge in [0.05, 0.1) is 5.56 Å². The molecule has 0 aliphatic rings. The zero-order valence-corrected chi connectivity index (χ0v) is 10.9. The maximum Gasteiger partial charge on any atom is 0.254 e. The first-order chi connectivity index (χ1) is 10.1. The third-order valence-electron chi connectivity index (χ3n) is 2.93. The van der Waals surface area contributed by atoms with Crippen molar-refractivity contribution in [1.82, 2.24) is 19.6 Å². The topological polar surface area (TPSA) is 55.1 Å². The van der Waals surface area contributed by atoms with Gasteiger partial charge in [0.15, 0.2) is 0 Å². The van der Waals surface area contributed by atoms with Crippen molar-refractivity contribution >= 4 is 17.3 Å². The zero-order valence-electron chi connectivity index (χ0n) is 10.9. The molecule has 0 saturated heterocycles. The van der Waals surface area contributed by atoms with Crippen LogP contribution in [0, 0.1) is 18.6 Å². The second-order valence-electron chi connectivity index (χ2n) is 4.43. The lowest BCUT2D eigenvalue weighted by molar-refractivity contribution is 0.440. The molecule has 2 heterocycles. The van der Waals surface area contributed by atoms with Gasteiger partial charge in [-0.1, -0.05) is 0 Å². The van der Waals surface area contributed by atoms with Crippen molar-refractivity contribution < 1.29 is 13.2 Å². The van der Waals surface area contributed by atoms with Gasteiger partial charge in [-0.25, -0.2) is 18.2 Å². The number of rotatable bonds is 3. The van der Waals surface area contributed by atoms with E-state index in [2.05, 4.69) is 20.4 Å². The van der Waals surface area contributed by atoms with Gasteiger partial charge in [-0.05, 0) is 19.1 Å². The SMILES string of the molecule is Cc1cc(Nc2cc(F)c(CF)c(F)c2)n2ncnc2n1.